The van der Waals surface area contributed by atoms with Gasteiger partial charge in [0.05, 0.1) is 17.0 Å². The summed E-state index contributed by atoms with van der Waals surface area (Å²) in [6.45, 7) is 0.387. The minimum Gasteiger partial charge on any atom is -0.408 e. The molecule has 1 atom stereocenters. The van der Waals surface area contributed by atoms with Gasteiger partial charge in [-0.05, 0) is 25.0 Å². The predicted octanol–water partition coefficient (Wildman–Crippen LogP) is 1.02. The van der Waals surface area contributed by atoms with Crippen LogP contribution in [0, 0.1) is 0 Å². The summed E-state index contributed by atoms with van der Waals surface area (Å²) < 4.78 is 29.7. The third kappa shape index (κ3) is 3.38. The van der Waals surface area contributed by atoms with Crippen LogP contribution in [0.2, 0.25) is 0 Å². The Kier molecular flexibility index (Phi) is 4.49. The fraction of sp³-hybridized carbons (Fsp3) is 0.500. The van der Waals surface area contributed by atoms with Gasteiger partial charge < -0.3 is 9.32 Å². The number of sulfone groups is 1. The minimum absolute atomic E-state index is 0.0427. The highest BCUT2D eigenvalue weighted by molar-refractivity contribution is 7.91. The lowest BCUT2D eigenvalue weighted by molar-refractivity contribution is -0.131. The van der Waals surface area contributed by atoms with Crippen molar-refractivity contribution in [2.75, 3.05) is 18.6 Å². The van der Waals surface area contributed by atoms with Gasteiger partial charge in [0.15, 0.2) is 15.4 Å². The Hall–Kier alpha value is -2.09. The van der Waals surface area contributed by atoms with Gasteiger partial charge in [0.2, 0.25) is 5.91 Å². The molecule has 3 rings (SSSR count). The van der Waals surface area contributed by atoms with E-state index in [2.05, 4.69) is 0 Å². The van der Waals surface area contributed by atoms with Gasteiger partial charge in [-0.3, -0.25) is 9.36 Å². The Balaban J connectivity index is 1.59. The van der Waals surface area contributed by atoms with E-state index >= 15 is 0 Å². The molecule has 0 saturated carbocycles. The van der Waals surface area contributed by atoms with E-state index in [1.165, 1.54) is 9.47 Å². The van der Waals surface area contributed by atoms with Crippen LogP contribution in [0.15, 0.2) is 33.5 Å². The molecule has 1 amide bonds. The highest BCUT2D eigenvalue weighted by atomic mass is 32.2. The number of aryl methyl sites for hydroxylation is 1. The second kappa shape index (κ2) is 6.43. The molecule has 0 unspecified atom stereocenters. The lowest BCUT2D eigenvalue weighted by atomic mass is 10.2. The van der Waals surface area contributed by atoms with E-state index in [0.29, 0.717) is 30.5 Å². The molecular formula is C16H20N2O5S. The molecule has 1 aromatic heterocycles. The largest absolute Gasteiger partial charge is 0.419 e. The minimum atomic E-state index is -3.01. The number of benzene rings is 1. The molecule has 2 heterocycles. The van der Waals surface area contributed by atoms with Crippen LogP contribution in [0.1, 0.15) is 19.3 Å². The summed E-state index contributed by atoms with van der Waals surface area (Å²) in [5.74, 6) is -0.343. The van der Waals surface area contributed by atoms with Crippen molar-refractivity contribution in [3.8, 4) is 0 Å². The van der Waals surface area contributed by atoms with E-state index in [4.69, 9.17) is 4.42 Å². The normalized spacial score (nSPS) is 19.6. The molecular weight excluding hydrogens is 332 g/mol. The van der Waals surface area contributed by atoms with Crippen molar-refractivity contribution >= 4 is 26.8 Å². The predicted molar refractivity (Wildman–Crippen MR) is 89.5 cm³/mol. The van der Waals surface area contributed by atoms with Gasteiger partial charge in [0.1, 0.15) is 0 Å². The van der Waals surface area contributed by atoms with Gasteiger partial charge in [-0.2, -0.15) is 0 Å². The van der Waals surface area contributed by atoms with Gasteiger partial charge >= 0.3 is 5.76 Å². The number of hydrogen-bond donors (Lipinski definition) is 0. The SMILES string of the molecule is CN(C(=O)CCCn1c(=O)oc2ccccc21)[C@H]1CCS(=O)(=O)C1. The molecule has 1 aliphatic rings. The van der Waals surface area contributed by atoms with Gasteiger partial charge in [0, 0.05) is 26.1 Å². The molecule has 24 heavy (non-hydrogen) atoms. The summed E-state index contributed by atoms with van der Waals surface area (Å²) in [6, 6.07) is 6.92. The van der Waals surface area contributed by atoms with Crippen molar-refractivity contribution in [1.29, 1.82) is 0 Å². The van der Waals surface area contributed by atoms with Crippen molar-refractivity contribution in [2.45, 2.75) is 31.8 Å². The highest BCUT2D eigenvalue weighted by Gasteiger charge is 2.32. The molecule has 2 aromatic rings. The lowest BCUT2D eigenvalue weighted by Crippen LogP contribution is -2.37. The summed E-state index contributed by atoms with van der Waals surface area (Å²) in [4.78, 5) is 25.6. The molecule has 1 aliphatic heterocycles. The zero-order valence-corrected chi connectivity index (χ0v) is 14.3. The third-order valence-corrected chi connectivity index (χ3v) is 6.25. The molecule has 1 aromatic carbocycles. The van der Waals surface area contributed by atoms with Crippen molar-refractivity contribution in [2.24, 2.45) is 0 Å². The Morgan fingerprint density at radius 3 is 2.83 bits per heavy atom. The van der Waals surface area contributed by atoms with Gasteiger partial charge in [-0.15, -0.1) is 0 Å². The quantitative estimate of drug-likeness (QED) is 0.801. The molecule has 0 N–H and O–H groups in total. The van der Waals surface area contributed by atoms with Crippen molar-refractivity contribution < 1.29 is 17.6 Å². The number of para-hydroxylation sites is 2. The maximum Gasteiger partial charge on any atom is 0.419 e. The first-order valence-corrected chi connectivity index (χ1v) is 9.74. The zero-order valence-electron chi connectivity index (χ0n) is 13.5. The maximum absolute atomic E-state index is 12.2. The number of nitrogens with zero attached hydrogens (tertiary/aromatic N) is 2. The van der Waals surface area contributed by atoms with Crippen LogP contribution >= 0.6 is 0 Å². The van der Waals surface area contributed by atoms with Crippen LogP contribution in [0.3, 0.4) is 0 Å². The topological polar surface area (TPSA) is 89.6 Å². The smallest absolute Gasteiger partial charge is 0.408 e. The second-order valence-corrected chi connectivity index (χ2v) is 8.38. The van der Waals surface area contributed by atoms with Gasteiger partial charge in [0.25, 0.3) is 0 Å². The average molecular weight is 352 g/mol. The van der Waals surface area contributed by atoms with E-state index in [0.717, 1.165) is 0 Å². The maximum atomic E-state index is 12.2. The van der Waals surface area contributed by atoms with E-state index in [1.807, 2.05) is 6.07 Å². The van der Waals surface area contributed by atoms with E-state index in [1.54, 1.807) is 25.2 Å². The van der Waals surface area contributed by atoms with Gasteiger partial charge in [-0.1, -0.05) is 12.1 Å². The molecule has 0 radical (unpaired) electrons. The number of rotatable bonds is 5. The molecule has 7 nitrogen and oxygen atoms in total. The second-order valence-electron chi connectivity index (χ2n) is 6.15. The monoisotopic (exact) mass is 352 g/mol. The lowest BCUT2D eigenvalue weighted by Gasteiger charge is -2.23. The van der Waals surface area contributed by atoms with Crippen LogP contribution in [-0.2, 0) is 21.2 Å². The first-order chi connectivity index (χ1) is 11.4. The Morgan fingerprint density at radius 1 is 1.38 bits per heavy atom. The summed E-state index contributed by atoms with van der Waals surface area (Å²) in [5, 5.41) is 0. The van der Waals surface area contributed by atoms with E-state index in [9.17, 15) is 18.0 Å². The Bertz CT molecular complexity index is 912. The van der Waals surface area contributed by atoms with Crippen LogP contribution in [0.25, 0.3) is 11.1 Å². The number of carbonyl (C=O) groups excluding carboxylic acids is 1. The number of hydrogen-bond acceptors (Lipinski definition) is 5. The average Bonchev–Trinajstić information content (AvgIpc) is 3.06. The molecule has 1 saturated heterocycles. The first kappa shape index (κ1) is 16.8. The summed E-state index contributed by atoms with van der Waals surface area (Å²) in [6.07, 6.45) is 1.25. The number of amides is 1. The van der Waals surface area contributed by atoms with Crippen molar-refractivity contribution in [3.63, 3.8) is 0 Å². The number of carbonyl (C=O) groups is 1. The number of oxazole rings is 1. The van der Waals surface area contributed by atoms with Crippen LogP contribution in [0.4, 0.5) is 0 Å². The Morgan fingerprint density at radius 2 is 2.12 bits per heavy atom. The van der Waals surface area contributed by atoms with Crippen LogP contribution < -0.4 is 5.76 Å². The highest BCUT2D eigenvalue weighted by Crippen LogP contribution is 2.18. The molecule has 0 aliphatic carbocycles. The third-order valence-electron chi connectivity index (χ3n) is 4.50. The van der Waals surface area contributed by atoms with Gasteiger partial charge in [-0.25, -0.2) is 13.2 Å². The fourth-order valence-electron chi connectivity index (χ4n) is 3.07. The van der Waals surface area contributed by atoms with Crippen LogP contribution in [0.5, 0.6) is 0 Å². The van der Waals surface area contributed by atoms with E-state index in [-0.39, 0.29) is 29.9 Å². The molecule has 8 heteroatoms. The molecule has 0 spiro atoms. The summed E-state index contributed by atoms with van der Waals surface area (Å²) in [5.41, 5.74) is 1.24. The zero-order chi connectivity index (χ0) is 17.3. The Labute approximate surface area is 139 Å². The number of aromatic nitrogens is 1. The molecule has 1 fully saturated rings. The van der Waals surface area contributed by atoms with Crippen molar-refractivity contribution in [1.82, 2.24) is 9.47 Å². The van der Waals surface area contributed by atoms with Crippen molar-refractivity contribution in [3.05, 3.63) is 34.8 Å². The first-order valence-electron chi connectivity index (χ1n) is 7.92. The number of fused-ring (bicyclic) bond motifs is 1. The van der Waals surface area contributed by atoms with E-state index < -0.39 is 15.6 Å². The van der Waals surface area contributed by atoms with Crippen LogP contribution in [-0.4, -0.2) is 48.4 Å². The molecule has 130 valence electrons. The summed E-state index contributed by atoms with van der Waals surface area (Å²) >= 11 is 0. The summed E-state index contributed by atoms with van der Waals surface area (Å²) in [7, 11) is -1.37. The molecule has 0 bridgehead atoms. The standard InChI is InChI=1S/C16H20N2O5S/c1-17(12-8-10-24(21,22)11-12)15(19)7-4-9-18-13-5-2-3-6-14(13)23-16(18)20/h2-3,5-6,12H,4,7-11H2,1H3/t12-/m0/s1. The fourth-order valence-corrected chi connectivity index (χ4v) is 4.85.